The van der Waals surface area contributed by atoms with Crippen LogP contribution in [0.4, 0.5) is 5.82 Å². The molecule has 0 spiro atoms. The molecule has 6 nitrogen and oxygen atoms in total. The van der Waals surface area contributed by atoms with E-state index >= 15 is 0 Å². The van der Waals surface area contributed by atoms with Gasteiger partial charge in [-0.05, 0) is 6.42 Å². The molecule has 1 aromatic rings. The molecule has 0 bridgehead atoms. The average molecular weight is 227 g/mol. The van der Waals surface area contributed by atoms with Crippen molar-refractivity contribution < 1.29 is 15.3 Å². The molecule has 0 aliphatic heterocycles. The van der Waals surface area contributed by atoms with E-state index in [1.165, 1.54) is 6.33 Å². The van der Waals surface area contributed by atoms with Gasteiger partial charge in [0.1, 0.15) is 17.7 Å². The van der Waals surface area contributed by atoms with E-state index < -0.39 is 5.54 Å². The number of nitrogens with one attached hydrogen (secondary N) is 1. The van der Waals surface area contributed by atoms with Crippen LogP contribution in [-0.4, -0.2) is 50.6 Å². The zero-order valence-corrected chi connectivity index (χ0v) is 9.22. The van der Waals surface area contributed by atoms with Gasteiger partial charge in [0.05, 0.1) is 19.8 Å². The number of hydrogen-bond acceptors (Lipinski definition) is 6. The molecule has 0 fully saturated rings. The van der Waals surface area contributed by atoms with Gasteiger partial charge in [-0.15, -0.1) is 0 Å². The first-order valence-corrected chi connectivity index (χ1v) is 5.11. The molecule has 0 aromatic carbocycles. The molecule has 0 radical (unpaired) electrons. The first kappa shape index (κ1) is 12.8. The lowest BCUT2D eigenvalue weighted by atomic mass is 10.0. The molecule has 90 valence electrons. The molecule has 16 heavy (non-hydrogen) atoms. The van der Waals surface area contributed by atoms with Gasteiger partial charge < -0.3 is 20.6 Å². The standard InChI is InChI=1S/C10H17N3O3/c1-2-8-3-9(12-7-11-8)13-10(4-14,5-15)6-16/h3,7,14-16H,2,4-6H2,1H3,(H,11,12,13). The van der Waals surface area contributed by atoms with Crippen molar-refractivity contribution in [2.75, 3.05) is 25.1 Å². The van der Waals surface area contributed by atoms with Crippen LogP contribution in [0.5, 0.6) is 0 Å². The Hall–Kier alpha value is -1.24. The summed E-state index contributed by atoms with van der Waals surface area (Å²) < 4.78 is 0. The molecule has 6 heteroatoms. The predicted molar refractivity (Wildman–Crippen MR) is 59.0 cm³/mol. The maximum atomic E-state index is 9.14. The molecule has 1 heterocycles. The smallest absolute Gasteiger partial charge is 0.130 e. The van der Waals surface area contributed by atoms with Crippen molar-refractivity contribution in [2.45, 2.75) is 18.9 Å². The van der Waals surface area contributed by atoms with Gasteiger partial charge >= 0.3 is 0 Å². The van der Waals surface area contributed by atoms with Crippen molar-refractivity contribution in [2.24, 2.45) is 0 Å². The van der Waals surface area contributed by atoms with E-state index in [1.54, 1.807) is 6.07 Å². The lowest BCUT2D eigenvalue weighted by Crippen LogP contribution is -2.49. The van der Waals surface area contributed by atoms with Crippen LogP contribution < -0.4 is 5.32 Å². The Bertz CT molecular complexity index is 321. The van der Waals surface area contributed by atoms with Crippen molar-refractivity contribution in [1.82, 2.24) is 9.97 Å². The first-order valence-electron chi connectivity index (χ1n) is 5.11. The Morgan fingerprint density at radius 2 is 1.81 bits per heavy atom. The lowest BCUT2D eigenvalue weighted by molar-refractivity contribution is 0.0831. The molecular formula is C10H17N3O3. The van der Waals surface area contributed by atoms with E-state index in [-0.39, 0.29) is 19.8 Å². The highest BCUT2D eigenvalue weighted by atomic mass is 16.3. The molecular weight excluding hydrogens is 210 g/mol. The Morgan fingerprint density at radius 3 is 2.31 bits per heavy atom. The number of anilines is 1. The molecule has 0 aliphatic rings. The largest absolute Gasteiger partial charge is 0.394 e. The number of aliphatic hydroxyl groups is 3. The van der Waals surface area contributed by atoms with Gasteiger partial charge in [0, 0.05) is 11.8 Å². The number of hydrogen-bond donors (Lipinski definition) is 4. The summed E-state index contributed by atoms with van der Waals surface area (Å²) in [4.78, 5) is 7.99. The Kier molecular flexibility index (Phi) is 4.60. The monoisotopic (exact) mass is 227 g/mol. The van der Waals surface area contributed by atoms with E-state index in [1.807, 2.05) is 6.92 Å². The van der Waals surface area contributed by atoms with Crippen molar-refractivity contribution in [1.29, 1.82) is 0 Å². The quantitative estimate of drug-likeness (QED) is 0.506. The van der Waals surface area contributed by atoms with Gasteiger partial charge in [-0.25, -0.2) is 9.97 Å². The number of nitrogens with zero attached hydrogens (tertiary/aromatic N) is 2. The van der Waals surface area contributed by atoms with Crippen molar-refractivity contribution >= 4 is 5.82 Å². The molecule has 4 N–H and O–H groups in total. The molecule has 0 saturated heterocycles. The SMILES string of the molecule is CCc1cc(NC(CO)(CO)CO)ncn1. The maximum absolute atomic E-state index is 9.14. The minimum Gasteiger partial charge on any atom is -0.394 e. The topological polar surface area (TPSA) is 98.5 Å². The summed E-state index contributed by atoms with van der Waals surface area (Å²) in [6.45, 7) is 0.811. The molecule has 0 aliphatic carbocycles. The fraction of sp³-hybridized carbons (Fsp3) is 0.600. The van der Waals surface area contributed by atoms with E-state index in [4.69, 9.17) is 15.3 Å². The van der Waals surface area contributed by atoms with E-state index in [2.05, 4.69) is 15.3 Å². The average Bonchev–Trinajstić information content (AvgIpc) is 2.36. The highest BCUT2D eigenvalue weighted by Crippen LogP contribution is 2.13. The summed E-state index contributed by atoms with van der Waals surface area (Å²) in [5.41, 5.74) is -0.306. The van der Waals surface area contributed by atoms with E-state index in [0.717, 1.165) is 12.1 Å². The highest BCUT2D eigenvalue weighted by Gasteiger charge is 2.28. The van der Waals surface area contributed by atoms with Crippen LogP contribution in [0.1, 0.15) is 12.6 Å². The van der Waals surface area contributed by atoms with Gasteiger partial charge in [0.25, 0.3) is 0 Å². The molecule has 0 saturated carbocycles. The molecule has 0 unspecified atom stereocenters. The normalized spacial score (nSPS) is 11.5. The van der Waals surface area contributed by atoms with Crippen LogP contribution in [0.2, 0.25) is 0 Å². The second-order valence-electron chi connectivity index (χ2n) is 3.63. The third-order valence-electron chi connectivity index (χ3n) is 2.39. The maximum Gasteiger partial charge on any atom is 0.130 e. The zero-order chi connectivity index (χ0) is 12.0. The van der Waals surface area contributed by atoms with Crippen LogP contribution in [0.25, 0.3) is 0 Å². The van der Waals surface area contributed by atoms with Gasteiger partial charge in [-0.1, -0.05) is 6.92 Å². The minimum absolute atomic E-state index is 0.383. The second-order valence-corrected chi connectivity index (χ2v) is 3.63. The van der Waals surface area contributed by atoms with E-state index in [0.29, 0.717) is 5.82 Å². The molecule has 0 atom stereocenters. The van der Waals surface area contributed by atoms with Crippen LogP contribution in [0.3, 0.4) is 0 Å². The van der Waals surface area contributed by atoms with Gasteiger partial charge in [-0.2, -0.15) is 0 Å². The van der Waals surface area contributed by atoms with Crippen molar-refractivity contribution in [3.8, 4) is 0 Å². The number of rotatable bonds is 6. The van der Waals surface area contributed by atoms with E-state index in [9.17, 15) is 0 Å². The van der Waals surface area contributed by atoms with Crippen LogP contribution in [0.15, 0.2) is 12.4 Å². The summed E-state index contributed by atoms with van der Waals surface area (Å²) in [5.74, 6) is 0.476. The third kappa shape index (κ3) is 2.88. The van der Waals surface area contributed by atoms with Crippen molar-refractivity contribution in [3.05, 3.63) is 18.1 Å². The summed E-state index contributed by atoms with van der Waals surface area (Å²) in [7, 11) is 0. The van der Waals surface area contributed by atoms with Gasteiger partial charge in [0.2, 0.25) is 0 Å². The number of aromatic nitrogens is 2. The van der Waals surface area contributed by atoms with Crippen molar-refractivity contribution in [3.63, 3.8) is 0 Å². The Morgan fingerprint density at radius 1 is 1.19 bits per heavy atom. The minimum atomic E-state index is -1.15. The van der Waals surface area contributed by atoms with Gasteiger partial charge in [0.15, 0.2) is 0 Å². The second kappa shape index (κ2) is 5.74. The molecule has 1 aromatic heterocycles. The number of aryl methyl sites for hydroxylation is 1. The Labute approximate surface area is 94.0 Å². The summed E-state index contributed by atoms with van der Waals surface area (Å²) >= 11 is 0. The summed E-state index contributed by atoms with van der Waals surface area (Å²) in [6, 6.07) is 1.72. The van der Waals surface area contributed by atoms with Gasteiger partial charge in [-0.3, -0.25) is 0 Å². The summed E-state index contributed by atoms with van der Waals surface area (Å²) in [6.07, 6.45) is 2.17. The first-order chi connectivity index (χ1) is 7.69. The number of aliphatic hydroxyl groups excluding tert-OH is 3. The Balaban J connectivity index is 2.84. The highest BCUT2D eigenvalue weighted by molar-refractivity contribution is 5.38. The van der Waals surface area contributed by atoms with Crippen LogP contribution in [-0.2, 0) is 6.42 Å². The summed E-state index contributed by atoms with van der Waals surface area (Å²) in [5, 5.41) is 30.2. The van der Waals surface area contributed by atoms with Crippen LogP contribution >= 0.6 is 0 Å². The van der Waals surface area contributed by atoms with Crippen LogP contribution in [0, 0.1) is 0 Å². The lowest BCUT2D eigenvalue weighted by Gasteiger charge is -2.29. The predicted octanol–water partition coefficient (Wildman–Crippen LogP) is -0.833. The fourth-order valence-electron chi connectivity index (χ4n) is 1.20. The molecule has 1 rings (SSSR count). The zero-order valence-electron chi connectivity index (χ0n) is 9.22. The third-order valence-corrected chi connectivity index (χ3v) is 2.39. The fourth-order valence-corrected chi connectivity index (χ4v) is 1.20. The molecule has 0 amide bonds.